The highest BCUT2D eigenvalue weighted by atomic mass is 19.4. The van der Waals surface area contributed by atoms with Crippen molar-refractivity contribution in [3.8, 4) is 0 Å². The van der Waals surface area contributed by atoms with Gasteiger partial charge < -0.3 is 4.74 Å². The second-order valence-electron chi connectivity index (χ2n) is 4.16. The van der Waals surface area contributed by atoms with Crippen molar-refractivity contribution in [2.75, 3.05) is 0 Å². The normalized spacial score (nSPS) is 13.2. The lowest BCUT2D eigenvalue weighted by atomic mass is 10.1. The number of hydrogen-bond acceptors (Lipinski definition) is 2. The van der Waals surface area contributed by atoms with Gasteiger partial charge in [0.05, 0.1) is 11.7 Å². The number of carbonyl (C=O) groups is 1. The summed E-state index contributed by atoms with van der Waals surface area (Å²) in [6.07, 6.45) is -4.15. The predicted octanol–water partition coefficient (Wildman–Crippen LogP) is 4.19. The van der Waals surface area contributed by atoms with Crippen LogP contribution < -0.4 is 0 Å². The molecule has 0 N–H and O–H groups in total. The maximum atomic E-state index is 13.5. The zero-order chi connectivity index (χ0) is 14.6. The molecular weight excluding hydrogens is 264 g/mol. The van der Waals surface area contributed by atoms with E-state index in [0.717, 1.165) is 12.1 Å². The Morgan fingerprint density at radius 3 is 2.53 bits per heavy atom. The molecule has 0 heterocycles. The van der Waals surface area contributed by atoms with E-state index in [9.17, 15) is 22.4 Å². The summed E-state index contributed by atoms with van der Waals surface area (Å²) in [5, 5.41) is 0. The molecule has 0 aromatic heterocycles. The SMILES string of the molecule is CCCC(C)OC(=O)c1c(F)cccc1C(F)(F)F. The first-order valence-electron chi connectivity index (χ1n) is 5.84. The van der Waals surface area contributed by atoms with Crippen LogP contribution in [-0.4, -0.2) is 12.1 Å². The maximum Gasteiger partial charge on any atom is 0.417 e. The molecule has 19 heavy (non-hydrogen) atoms. The molecule has 1 aromatic rings. The fourth-order valence-corrected chi connectivity index (χ4v) is 1.67. The van der Waals surface area contributed by atoms with Gasteiger partial charge in [0.2, 0.25) is 0 Å². The monoisotopic (exact) mass is 278 g/mol. The van der Waals surface area contributed by atoms with Gasteiger partial charge in [0.1, 0.15) is 11.4 Å². The van der Waals surface area contributed by atoms with E-state index in [4.69, 9.17) is 4.74 Å². The molecule has 0 amide bonds. The highest BCUT2D eigenvalue weighted by molar-refractivity contribution is 5.91. The van der Waals surface area contributed by atoms with Gasteiger partial charge in [-0.2, -0.15) is 13.2 Å². The first-order valence-corrected chi connectivity index (χ1v) is 5.84. The van der Waals surface area contributed by atoms with E-state index >= 15 is 0 Å². The Morgan fingerprint density at radius 2 is 2.00 bits per heavy atom. The third-order valence-electron chi connectivity index (χ3n) is 2.53. The third-order valence-corrected chi connectivity index (χ3v) is 2.53. The number of rotatable bonds is 4. The van der Waals surface area contributed by atoms with Crippen LogP contribution in [0.5, 0.6) is 0 Å². The van der Waals surface area contributed by atoms with Gasteiger partial charge in [-0.1, -0.05) is 19.4 Å². The fourth-order valence-electron chi connectivity index (χ4n) is 1.67. The van der Waals surface area contributed by atoms with E-state index < -0.39 is 35.2 Å². The molecule has 1 aromatic carbocycles. The topological polar surface area (TPSA) is 26.3 Å². The molecule has 6 heteroatoms. The van der Waals surface area contributed by atoms with Crippen LogP contribution >= 0.6 is 0 Å². The molecule has 0 fully saturated rings. The van der Waals surface area contributed by atoms with Crippen molar-refractivity contribution in [2.24, 2.45) is 0 Å². The van der Waals surface area contributed by atoms with Gasteiger partial charge in [0.25, 0.3) is 0 Å². The first kappa shape index (κ1) is 15.5. The van der Waals surface area contributed by atoms with E-state index in [-0.39, 0.29) is 0 Å². The summed E-state index contributed by atoms with van der Waals surface area (Å²) in [6, 6.07) is 2.37. The molecule has 0 aliphatic carbocycles. The Labute approximate surface area is 108 Å². The van der Waals surface area contributed by atoms with Crippen molar-refractivity contribution in [3.63, 3.8) is 0 Å². The minimum Gasteiger partial charge on any atom is -0.459 e. The minimum atomic E-state index is -4.80. The number of alkyl halides is 3. The number of benzene rings is 1. The zero-order valence-electron chi connectivity index (χ0n) is 10.6. The molecule has 0 spiro atoms. The summed E-state index contributed by atoms with van der Waals surface area (Å²) >= 11 is 0. The number of ether oxygens (including phenoxy) is 1. The molecule has 0 aliphatic rings. The Morgan fingerprint density at radius 1 is 1.37 bits per heavy atom. The van der Waals surface area contributed by atoms with Crippen LogP contribution in [0.25, 0.3) is 0 Å². The standard InChI is InChI=1S/C13H14F4O2/c1-3-5-8(2)19-12(18)11-9(13(15,16)17)6-4-7-10(11)14/h4,6-8H,3,5H2,1-2H3. The van der Waals surface area contributed by atoms with Crippen LogP contribution in [0.3, 0.4) is 0 Å². The third kappa shape index (κ3) is 3.94. The Bertz CT molecular complexity index is 454. The van der Waals surface area contributed by atoms with Crippen LogP contribution in [0.2, 0.25) is 0 Å². The number of esters is 1. The largest absolute Gasteiger partial charge is 0.459 e. The highest BCUT2D eigenvalue weighted by Crippen LogP contribution is 2.33. The summed E-state index contributed by atoms with van der Waals surface area (Å²) in [5.41, 5.74) is -2.38. The van der Waals surface area contributed by atoms with Crippen LogP contribution in [0.4, 0.5) is 17.6 Å². The van der Waals surface area contributed by atoms with Crippen LogP contribution in [0.1, 0.15) is 42.6 Å². The lowest BCUT2D eigenvalue weighted by Crippen LogP contribution is -2.20. The average molecular weight is 278 g/mol. The molecule has 0 saturated carbocycles. The lowest BCUT2D eigenvalue weighted by Gasteiger charge is -2.16. The van der Waals surface area contributed by atoms with Gasteiger partial charge in [-0.25, -0.2) is 9.18 Å². The van der Waals surface area contributed by atoms with Crippen molar-refractivity contribution >= 4 is 5.97 Å². The van der Waals surface area contributed by atoms with Crippen molar-refractivity contribution < 1.29 is 27.1 Å². The number of hydrogen-bond donors (Lipinski definition) is 0. The van der Waals surface area contributed by atoms with E-state index in [1.165, 1.54) is 0 Å². The van der Waals surface area contributed by atoms with Gasteiger partial charge in [0, 0.05) is 0 Å². The van der Waals surface area contributed by atoms with Crippen LogP contribution in [-0.2, 0) is 10.9 Å². The van der Waals surface area contributed by atoms with Gasteiger partial charge in [0.15, 0.2) is 0 Å². The second-order valence-corrected chi connectivity index (χ2v) is 4.16. The average Bonchev–Trinajstić information content (AvgIpc) is 2.27. The van der Waals surface area contributed by atoms with E-state index in [2.05, 4.69) is 0 Å². The fraction of sp³-hybridized carbons (Fsp3) is 0.462. The molecule has 2 nitrogen and oxygen atoms in total. The van der Waals surface area contributed by atoms with Gasteiger partial charge in [-0.3, -0.25) is 0 Å². The molecule has 0 bridgehead atoms. The quantitative estimate of drug-likeness (QED) is 0.609. The molecular formula is C13H14F4O2. The van der Waals surface area contributed by atoms with Crippen LogP contribution in [0, 0.1) is 5.82 Å². The van der Waals surface area contributed by atoms with Crippen molar-refractivity contribution in [1.29, 1.82) is 0 Å². The summed E-state index contributed by atoms with van der Waals surface area (Å²) < 4.78 is 56.4. The summed E-state index contributed by atoms with van der Waals surface area (Å²) in [4.78, 5) is 11.7. The van der Waals surface area contributed by atoms with Crippen LogP contribution in [0.15, 0.2) is 18.2 Å². The van der Waals surface area contributed by atoms with Crippen molar-refractivity contribution in [2.45, 2.75) is 39.0 Å². The van der Waals surface area contributed by atoms with Gasteiger partial charge in [-0.15, -0.1) is 0 Å². The van der Waals surface area contributed by atoms with Crippen molar-refractivity contribution in [3.05, 3.63) is 35.1 Å². The molecule has 106 valence electrons. The summed E-state index contributed by atoms with van der Waals surface area (Å²) in [7, 11) is 0. The zero-order valence-corrected chi connectivity index (χ0v) is 10.6. The van der Waals surface area contributed by atoms with Gasteiger partial charge in [-0.05, 0) is 25.5 Å². The van der Waals surface area contributed by atoms with E-state index in [0.29, 0.717) is 18.9 Å². The van der Waals surface area contributed by atoms with Crippen molar-refractivity contribution in [1.82, 2.24) is 0 Å². The smallest absolute Gasteiger partial charge is 0.417 e. The number of carbonyl (C=O) groups excluding carboxylic acids is 1. The molecule has 1 atom stereocenters. The highest BCUT2D eigenvalue weighted by Gasteiger charge is 2.37. The number of halogens is 4. The summed E-state index contributed by atoms with van der Waals surface area (Å²) in [6.45, 7) is 3.39. The predicted molar refractivity (Wildman–Crippen MR) is 61.2 cm³/mol. The Hall–Kier alpha value is -1.59. The maximum absolute atomic E-state index is 13.5. The van der Waals surface area contributed by atoms with E-state index in [1.807, 2.05) is 6.92 Å². The summed E-state index contributed by atoms with van der Waals surface area (Å²) in [5.74, 6) is -2.52. The molecule has 1 rings (SSSR count). The minimum absolute atomic E-state index is 0.502. The molecule has 0 saturated heterocycles. The second kappa shape index (κ2) is 6.04. The molecule has 1 unspecified atom stereocenters. The Kier molecular flexibility index (Phi) is 4.91. The molecule has 0 aliphatic heterocycles. The van der Waals surface area contributed by atoms with E-state index in [1.54, 1.807) is 6.92 Å². The first-order chi connectivity index (χ1) is 8.77. The molecule has 0 radical (unpaired) electrons. The van der Waals surface area contributed by atoms with Gasteiger partial charge >= 0.3 is 12.1 Å². The lowest BCUT2D eigenvalue weighted by molar-refractivity contribution is -0.138. The Balaban J connectivity index is 3.09.